The lowest BCUT2D eigenvalue weighted by atomic mass is 9.44. The Hall–Kier alpha value is -1.57. The molecular weight excluding hydrogens is 440 g/mol. The molecule has 0 aliphatic heterocycles. The summed E-state index contributed by atoms with van der Waals surface area (Å²) in [7, 11) is 0. The molecule has 2 heteroatoms. The van der Waals surface area contributed by atoms with E-state index in [4.69, 9.17) is 0 Å². The molecule has 0 aromatic heterocycles. The first-order valence-electron chi connectivity index (χ1n) is 15.2. The second kappa shape index (κ2) is 9.95. The SMILES string of the molecule is CC(C)CCC[C@H](C)[C@@H]1CC[C@@H]2[C@H]3CC[C@@H]4CC(=O)C(=C(O)c5ccccc5)C[C@]4(C)[C@H]3CC[C@@]21C. The van der Waals surface area contributed by atoms with Crippen LogP contribution in [-0.4, -0.2) is 10.9 Å². The van der Waals surface area contributed by atoms with E-state index in [-0.39, 0.29) is 17.0 Å². The van der Waals surface area contributed by atoms with Gasteiger partial charge in [0.05, 0.1) is 0 Å². The molecule has 36 heavy (non-hydrogen) atoms. The number of hydrogen-bond acceptors (Lipinski definition) is 2. The molecule has 4 aliphatic rings. The molecule has 8 atom stereocenters. The molecule has 1 aromatic rings. The van der Waals surface area contributed by atoms with Crippen molar-refractivity contribution in [2.75, 3.05) is 0 Å². The third-order valence-electron chi connectivity index (χ3n) is 11.9. The van der Waals surface area contributed by atoms with E-state index in [0.29, 0.717) is 29.2 Å². The van der Waals surface area contributed by atoms with Crippen LogP contribution in [0.1, 0.15) is 111 Å². The van der Waals surface area contributed by atoms with Gasteiger partial charge in [0.1, 0.15) is 5.76 Å². The Kier molecular flexibility index (Phi) is 7.20. The summed E-state index contributed by atoms with van der Waals surface area (Å²) in [5, 5.41) is 11.2. The molecule has 0 spiro atoms. The van der Waals surface area contributed by atoms with E-state index in [1.54, 1.807) is 0 Å². The molecule has 198 valence electrons. The Labute approximate surface area is 220 Å². The maximum Gasteiger partial charge on any atom is 0.162 e. The minimum absolute atomic E-state index is 0.136. The minimum Gasteiger partial charge on any atom is -0.507 e. The fourth-order valence-corrected chi connectivity index (χ4v) is 9.98. The summed E-state index contributed by atoms with van der Waals surface area (Å²) in [6.45, 7) is 12.4. The van der Waals surface area contributed by atoms with E-state index < -0.39 is 0 Å². The van der Waals surface area contributed by atoms with Crippen LogP contribution in [-0.2, 0) is 4.79 Å². The molecule has 0 unspecified atom stereocenters. The van der Waals surface area contributed by atoms with Gasteiger partial charge in [0.15, 0.2) is 5.78 Å². The third-order valence-corrected chi connectivity index (χ3v) is 11.9. The van der Waals surface area contributed by atoms with Gasteiger partial charge in [0.2, 0.25) is 0 Å². The topological polar surface area (TPSA) is 37.3 Å². The maximum absolute atomic E-state index is 13.2. The predicted molar refractivity (Wildman–Crippen MR) is 149 cm³/mol. The van der Waals surface area contributed by atoms with Crippen LogP contribution in [0.3, 0.4) is 0 Å². The molecule has 0 amide bonds. The van der Waals surface area contributed by atoms with Crippen LogP contribution in [0.4, 0.5) is 0 Å². The number of allylic oxidation sites excluding steroid dienone is 1. The highest BCUT2D eigenvalue weighted by atomic mass is 16.3. The number of ketones is 1. The molecule has 1 N–H and O–H groups in total. The van der Waals surface area contributed by atoms with Crippen LogP contribution in [0.25, 0.3) is 5.76 Å². The first kappa shape index (κ1) is 26.1. The molecule has 0 heterocycles. The lowest BCUT2D eigenvalue weighted by Gasteiger charge is -2.60. The first-order chi connectivity index (χ1) is 17.1. The van der Waals surface area contributed by atoms with Gasteiger partial charge in [-0.05, 0) is 97.2 Å². The van der Waals surface area contributed by atoms with Gasteiger partial charge in [-0.2, -0.15) is 0 Å². The average molecular weight is 491 g/mol. The highest BCUT2D eigenvalue weighted by Gasteiger charge is 2.61. The van der Waals surface area contributed by atoms with Crippen molar-refractivity contribution in [1.82, 2.24) is 0 Å². The zero-order valence-electron chi connectivity index (χ0n) is 23.6. The van der Waals surface area contributed by atoms with E-state index >= 15 is 0 Å². The molecule has 5 rings (SSSR count). The second-order valence-corrected chi connectivity index (χ2v) is 14.2. The number of carbonyl (C=O) groups is 1. The highest BCUT2D eigenvalue weighted by Crippen LogP contribution is 2.68. The van der Waals surface area contributed by atoms with Gasteiger partial charge in [0, 0.05) is 17.6 Å². The van der Waals surface area contributed by atoms with Gasteiger partial charge >= 0.3 is 0 Å². The Balaban J connectivity index is 1.36. The molecular formula is C34H50O2. The molecule has 1 aromatic carbocycles. The summed E-state index contributed by atoms with van der Waals surface area (Å²) < 4.78 is 0. The fourth-order valence-electron chi connectivity index (χ4n) is 9.98. The Morgan fingerprint density at radius 1 is 0.944 bits per heavy atom. The van der Waals surface area contributed by atoms with Crippen molar-refractivity contribution in [2.45, 2.75) is 105 Å². The standard InChI is InChI=1S/C34H50O2/c1-22(2)10-9-11-23(3)28-16-17-29-26-15-14-25-20-31(35)27(32(36)24-12-7-6-8-13-24)21-34(25,5)30(26)18-19-33(28,29)4/h6-8,12-13,22-23,25-26,28-30,36H,9-11,14-21H2,1-5H3/t23-,25+,26+,28-,29+,30-,33+,34-/m0/s1. The number of carbonyl (C=O) groups excluding carboxylic acids is 1. The molecule has 4 aliphatic carbocycles. The molecule has 4 saturated carbocycles. The van der Waals surface area contributed by atoms with E-state index in [0.717, 1.165) is 41.6 Å². The summed E-state index contributed by atoms with van der Waals surface area (Å²) in [5.41, 5.74) is 2.13. The smallest absolute Gasteiger partial charge is 0.162 e. The zero-order chi connectivity index (χ0) is 25.7. The summed E-state index contributed by atoms with van der Waals surface area (Å²) in [5.74, 6) is 5.78. The van der Waals surface area contributed by atoms with E-state index in [1.807, 2.05) is 30.3 Å². The molecule has 4 fully saturated rings. The van der Waals surface area contributed by atoms with Gasteiger partial charge in [-0.1, -0.05) is 84.2 Å². The van der Waals surface area contributed by atoms with Gasteiger partial charge < -0.3 is 5.11 Å². The zero-order valence-corrected chi connectivity index (χ0v) is 23.6. The maximum atomic E-state index is 13.2. The van der Waals surface area contributed by atoms with Crippen molar-refractivity contribution < 1.29 is 9.90 Å². The highest BCUT2D eigenvalue weighted by molar-refractivity contribution is 6.02. The van der Waals surface area contributed by atoms with Gasteiger partial charge in [-0.3, -0.25) is 4.79 Å². The van der Waals surface area contributed by atoms with Crippen LogP contribution in [0.15, 0.2) is 35.9 Å². The van der Waals surface area contributed by atoms with Crippen molar-refractivity contribution in [3.63, 3.8) is 0 Å². The number of rotatable bonds is 6. The normalized spacial score (nSPS) is 40.4. The van der Waals surface area contributed by atoms with E-state index in [9.17, 15) is 9.90 Å². The molecule has 2 nitrogen and oxygen atoms in total. The van der Waals surface area contributed by atoms with Gasteiger partial charge in [-0.15, -0.1) is 0 Å². The summed E-state index contributed by atoms with van der Waals surface area (Å²) in [6, 6.07) is 9.72. The summed E-state index contributed by atoms with van der Waals surface area (Å²) in [6.07, 6.45) is 13.6. The Morgan fingerprint density at radius 3 is 2.39 bits per heavy atom. The third kappa shape index (κ3) is 4.39. The second-order valence-electron chi connectivity index (χ2n) is 14.2. The van der Waals surface area contributed by atoms with Crippen LogP contribution < -0.4 is 0 Å². The number of benzene rings is 1. The fraction of sp³-hybridized carbons (Fsp3) is 0.735. The van der Waals surface area contributed by atoms with Crippen LogP contribution >= 0.6 is 0 Å². The van der Waals surface area contributed by atoms with Crippen LogP contribution in [0, 0.1) is 52.3 Å². The van der Waals surface area contributed by atoms with E-state index in [1.165, 1.54) is 57.8 Å². The first-order valence-corrected chi connectivity index (χ1v) is 15.2. The van der Waals surface area contributed by atoms with Crippen LogP contribution in [0.5, 0.6) is 0 Å². The van der Waals surface area contributed by atoms with Gasteiger partial charge in [-0.25, -0.2) is 0 Å². The number of fused-ring (bicyclic) bond motifs is 5. The molecule has 0 bridgehead atoms. The quantitative estimate of drug-likeness (QED) is 0.319. The van der Waals surface area contributed by atoms with Crippen molar-refractivity contribution in [2.24, 2.45) is 52.3 Å². The van der Waals surface area contributed by atoms with Crippen molar-refractivity contribution in [3.8, 4) is 0 Å². The number of aliphatic hydroxyl groups is 1. The largest absolute Gasteiger partial charge is 0.507 e. The average Bonchev–Trinajstić information content (AvgIpc) is 3.21. The number of hydrogen-bond donors (Lipinski definition) is 1. The minimum atomic E-state index is 0.136. The summed E-state index contributed by atoms with van der Waals surface area (Å²) >= 11 is 0. The Morgan fingerprint density at radius 2 is 1.67 bits per heavy atom. The van der Waals surface area contributed by atoms with Crippen LogP contribution in [0.2, 0.25) is 0 Å². The lowest BCUT2D eigenvalue weighted by molar-refractivity contribution is -0.133. The molecule has 0 saturated heterocycles. The lowest BCUT2D eigenvalue weighted by Crippen LogP contribution is -2.54. The number of aliphatic hydroxyl groups excluding tert-OH is 1. The number of Topliss-reactive ketones (excluding diaryl/α,β-unsaturated/α-hetero) is 1. The van der Waals surface area contributed by atoms with Crippen molar-refractivity contribution in [3.05, 3.63) is 41.5 Å². The Bertz CT molecular complexity index is 976. The van der Waals surface area contributed by atoms with Crippen molar-refractivity contribution >= 4 is 11.5 Å². The van der Waals surface area contributed by atoms with Crippen molar-refractivity contribution in [1.29, 1.82) is 0 Å². The van der Waals surface area contributed by atoms with Gasteiger partial charge in [0.25, 0.3) is 0 Å². The molecule has 0 radical (unpaired) electrons. The summed E-state index contributed by atoms with van der Waals surface area (Å²) in [4.78, 5) is 13.2. The predicted octanol–water partition coefficient (Wildman–Crippen LogP) is 9.26. The monoisotopic (exact) mass is 490 g/mol. The van der Waals surface area contributed by atoms with E-state index in [2.05, 4.69) is 34.6 Å².